The number of nitrogens with one attached hydrogen (secondary N) is 1. The number of hydrogen-bond donors (Lipinski definition) is 1. The van der Waals surface area contributed by atoms with Crippen LogP contribution in [0, 0.1) is 5.92 Å². The van der Waals surface area contributed by atoms with Crippen molar-refractivity contribution in [3.8, 4) is 5.75 Å². The van der Waals surface area contributed by atoms with Crippen LogP contribution in [0.1, 0.15) is 13.3 Å². The minimum atomic E-state index is -4.82. The third-order valence-corrected chi connectivity index (χ3v) is 5.26. The van der Waals surface area contributed by atoms with E-state index in [1.165, 1.54) is 23.2 Å². The number of rotatable bonds is 4. The normalized spacial score (nSPS) is 23.7. The Morgan fingerprint density at radius 3 is 2.41 bits per heavy atom. The summed E-state index contributed by atoms with van der Waals surface area (Å²) >= 11 is 0. The summed E-state index contributed by atoms with van der Waals surface area (Å²) in [6, 6.07) is 5.74. The molecule has 1 aliphatic carbocycles. The van der Waals surface area contributed by atoms with Gasteiger partial charge in [0.05, 0.1) is 23.3 Å². The van der Waals surface area contributed by atoms with Gasteiger partial charge in [0.2, 0.25) is 0 Å². The molecule has 2 unspecified atom stereocenters. The van der Waals surface area contributed by atoms with Gasteiger partial charge in [0.25, 0.3) is 5.91 Å². The van der Waals surface area contributed by atoms with Crippen molar-refractivity contribution in [2.75, 3.05) is 22.2 Å². The number of halogens is 3. The quantitative estimate of drug-likeness (QED) is 0.783. The van der Waals surface area contributed by atoms with E-state index >= 15 is 0 Å². The number of aromatic nitrogens is 1. The number of urea groups is 1. The van der Waals surface area contributed by atoms with Crippen molar-refractivity contribution in [1.82, 2.24) is 4.98 Å². The Kier molecular flexibility index (Phi) is 4.18. The first-order valence-corrected chi connectivity index (χ1v) is 8.85. The summed E-state index contributed by atoms with van der Waals surface area (Å²) in [6.07, 6.45) is -1.24. The van der Waals surface area contributed by atoms with Gasteiger partial charge in [-0.25, -0.2) is 9.69 Å². The number of anilines is 3. The Balaban J connectivity index is 1.72. The van der Waals surface area contributed by atoms with Gasteiger partial charge in [-0.2, -0.15) is 0 Å². The van der Waals surface area contributed by atoms with E-state index in [4.69, 9.17) is 0 Å². The smallest absolute Gasteiger partial charge is 0.406 e. The topological polar surface area (TPSA) is 74.8 Å². The van der Waals surface area contributed by atoms with Crippen LogP contribution in [0.2, 0.25) is 0 Å². The fraction of sp³-hybridized carbons (Fsp3) is 0.316. The van der Waals surface area contributed by atoms with Crippen molar-refractivity contribution in [2.24, 2.45) is 5.92 Å². The molecule has 3 amide bonds. The van der Waals surface area contributed by atoms with E-state index in [0.29, 0.717) is 17.8 Å². The molecule has 2 heterocycles. The Morgan fingerprint density at radius 1 is 1.21 bits per heavy atom. The van der Waals surface area contributed by atoms with Crippen LogP contribution >= 0.6 is 0 Å². The summed E-state index contributed by atoms with van der Waals surface area (Å²) in [6.45, 7) is 1.88. The monoisotopic (exact) mass is 406 g/mol. The molecule has 2 atom stereocenters. The predicted molar refractivity (Wildman–Crippen MR) is 98.8 cm³/mol. The summed E-state index contributed by atoms with van der Waals surface area (Å²) in [4.78, 5) is 33.0. The first kappa shape index (κ1) is 19.0. The molecular weight excluding hydrogens is 389 g/mol. The maximum absolute atomic E-state index is 13.3. The van der Waals surface area contributed by atoms with E-state index < -0.39 is 29.6 Å². The Bertz CT molecular complexity index is 979. The highest BCUT2D eigenvalue weighted by Gasteiger charge is 2.70. The van der Waals surface area contributed by atoms with Crippen molar-refractivity contribution >= 4 is 29.0 Å². The van der Waals surface area contributed by atoms with E-state index in [0.717, 1.165) is 17.0 Å². The third-order valence-electron chi connectivity index (χ3n) is 5.26. The Hall–Kier alpha value is -3.30. The highest BCUT2D eigenvalue weighted by atomic mass is 19.4. The molecular formula is C19H17F3N4O3. The molecule has 4 rings (SSSR count). The average molecular weight is 406 g/mol. The fourth-order valence-corrected chi connectivity index (χ4v) is 3.78. The van der Waals surface area contributed by atoms with Crippen molar-refractivity contribution in [3.05, 3.63) is 42.7 Å². The zero-order chi connectivity index (χ0) is 21.0. The second-order valence-corrected chi connectivity index (χ2v) is 6.97. The van der Waals surface area contributed by atoms with Gasteiger partial charge >= 0.3 is 12.4 Å². The second-order valence-electron chi connectivity index (χ2n) is 6.97. The predicted octanol–water partition coefficient (Wildman–Crippen LogP) is 3.77. The maximum atomic E-state index is 13.3. The van der Waals surface area contributed by atoms with Crippen LogP contribution in [0.15, 0.2) is 42.7 Å². The fourth-order valence-electron chi connectivity index (χ4n) is 3.78. The first-order chi connectivity index (χ1) is 13.7. The van der Waals surface area contributed by atoms with Crippen molar-refractivity contribution in [3.63, 3.8) is 0 Å². The van der Waals surface area contributed by atoms with Crippen molar-refractivity contribution in [2.45, 2.75) is 25.2 Å². The van der Waals surface area contributed by atoms with Gasteiger partial charge in [0, 0.05) is 13.2 Å². The zero-order valence-electron chi connectivity index (χ0n) is 15.5. The van der Waals surface area contributed by atoms with Crippen LogP contribution in [0.3, 0.4) is 0 Å². The molecule has 1 aromatic heterocycles. The number of ether oxygens (including phenoxy) is 1. The number of benzene rings is 1. The standard InChI is InChI=1S/C19H17F3N4O3/c1-11-9-18(11)16(27)25(12-3-5-13(6-4-12)29-19(20,21)22)17(28)26(18)15-7-8-24-10-14(15)23-2/h3-8,10-11,23H,9H2,1-2H3. The van der Waals surface area contributed by atoms with Gasteiger partial charge in [-0.1, -0.05) is 6.92 Å². The molecule has 29 heavy (non-hydrogen) atoms. The number of carbonyl (C=O) groups excluding carboxylic acids is 2. The van der Waals surface area contributed by atoms with E-state index in [-0.39, 0.29) is 11.6 Å². The zero-order valence-corrected chi connectivity index (χ0v) is 15.5. The van der Waals surface area contributed by atoms with Crippen LogP contribution in [-0.4, -0.2) is 35.9 Å². The molecule has 0 radical (unpaired) electrons. The van der Waals surface area contributed by atoms with Gasteiger partial charge in [-0.15, -0.1) is 13.2 Å². The van der Waals surface area contributed by atoms with Crippen LogP contribution in [0.25, 0.3) is 0 Å². The van der Waals surface area contributed by atoms with Gasteiger partial charge in [-0.05, 0) is 42.7 Å². The molecule has 1 aromatic carbocycles. The molecule has 1 N–H and O–H groups in total. The maximum Gasteiger partial charge on any atom is 0.573 e. The van der Waals surface area contributed by atoms with Gasteiger partial charge in [0.1, 0.15) is 11.3 Å². The van der Waals surface area contributed by atoms with Gasteiger partial charge < -0.3 is 10.1 Å². The summed E-state index contributed by atoms with van der Waals surface area (Å²) in [5.74, 6) is -0.897. The summed E-state index contributed by atoms with van der Waals surface area (Å²) in [5, 5.41) is 2.96. The van der Waals surface area contributed by atoms with Crippen LogP contribution in [-0.2, 0) is 4.79 Å². The highest BCUT2D eigenvalue weighted by molar-refractivity contribution is 6.32. The van der Waals surface area contributed by atoms with Gasteiger partial charge in [-0.3, -0.25) is 14.7 Å². The summed E-state index contributed by atoms with van der Waals surface area (Å²) < 4.78 is 41.0. The lowest BCUT2D eigenvalue weighted by atomic mass is 10.1. The van der Waals surface area contributed by atoms with Crippen LogP contribution in [0.4, 0.5) is 35.0 Å². The van der Waals surface area contributed by atoms with E-state index in [1.54, 1.807) is 19.3 Å². The average Bonchev–Trinajstić information content (AvgIpc) is 3.28. The largest absolute Gasteiger partial charge is 0.573 e. The molecule has 1 saturated carbocycles. The van der Waals surface area contributed by atoms with Crippen molar-refractivity contribution in [1.29, 1.82) is 0 Å². The molecule has 2 aromatic rings. The summed E-state index contributed by atoms with van der Waals surface area (Å²) in [7, 11) is 1.68. The lowest BCUT2D eigenvalue weighted by Gasteiger charge is -2.24. The molecule has 1 aliphatic heterocycles. The second kappa shape index (κ2) is 6.36. The number of alkyl halides is 3. The highest BCUT2D eigenvalue weighted by Crippen LogP contribution is 2.56. The lowest BCUT2D eigenvalue weighted by Crippen LogP contribution is -2.39. The van der Waals surface area contributed by atoms with Crippen LogP contribution in [0.5, 0.6) is 5.75 Å². The minimum Gasteiger partial charge on any atom is -0.406 e. The van der Waals surface area contributed by atoms with Crippen LogP contribution < -0.4 is 19.9 Å². The number of amides is 3. The lowest BCUT2D eigenvalue weighted by molar-refractivity contribution is -0.274. The summed E-state index contributed by atoms with van der Waals surface area (Å²) in [5.41, 5.74) is 0.272. The Morgan fingerprint density at radius 2 is 1.86 bits per heavy atom. The van der Waals surface area contributed by atoms with Gasteiger partial charge in [0.15, 0.2) is 0 Å². The molecule has 2 aliphatic rings. The van der Waals surface area contributed by atoms with Crippen molar-refractivity contribution < 1.29 is 27.5 Å². The number of imide groups is 1. The molecule has 10 heteroatoms. The Labute approximate surface area is 164 Å². The number of hydrogen-bond acceptors (Lipinski definition) is 5. The molecule has 152 valence electrons. The molecule has 2 fully saturated rings. The molecule has 0 bridgehead atoms. The number of nitrogens with zero attached hydrogens (tertiary/aromatic N) is 3. The molecule has 1 saturated heterocycles. The molecule has 7 nitrogen and oxygen atoms in total. The SMILES string of the molecule is CNc1cnccc1N1C(=O)N(c2ccc(OC(F)(F)F)cc2)C(=O)C12CC2C. The number of pyridine rings is 1. The van der Waals surface area contributed by atoms with E-state index in [1.807, 2.05) is 6.92 Å². The number of carbonyl (C=O) groups is 2. The molecule has 1 spiro atoms. The van der Waals surface area contributed by atoms with E-state index in [2.05, 4.69) is 15.0 Å². The third kappa shape index (κ3) is 2.95. The van der Waals surface area contributed by atoms with E-state index in [9.17, 15) is 22.8 Å². The minimum absolute atomic E-state index is 0.0605. The first-order valence-electron chi connectivity index (χ1n) is 8.85.